The van der Waals surface area contributed by atoms with E-state index in [1.54, 1.807) is 7.11 Å². The Morgan fingerprint density at radius 3 is 2.60 bits per heavy atom. The quantitative estimate of drug-likeness (QED) is 0.448. The minimum Gasteiger partial charge on any atom is -0.392 e. The molecule has 2 nitrogen and oxygen atoms in total. The zero-order chi connectivity index (χ0) is 7.98. The maximum atomic E-state index is 5.50. The van der Waals surface area contributed by atoms with Crippen LogP contribution in [0.5, 0.6) is 0 Å². The molecule has 0 aliphatic heterocycles. The highest BCUT2D eigenvalue weighted by atomic mass is 28.3. The van der Waals surface area contributed by atoms with Gasteiger partial charge in [-0.3, -0.25) is 0 Å². The average Bonchev–Trinajstić information content (AvgIpc) is 1.99. The molecule has 0 saturated carbocycles. The van der Waals surface area contributed by atoms with Crippen molar-refractivity contribution in [3.63, 3.8) is 0 Å². The summed E-state index contributed by atoms with van der Waals surface area (Å²) < 4.78 is 10.4. The maximum absolute atomic E-state index is 5.50. The molecule has 0 rings (SSSR count). The number of hydrogen-bond acceptors (Lipinski definition) is 2. The van der Waals surface area contributed by atoms with Crippen LogP contribution >= 0.6 is 0 Å². The largest absolute Gasteiger partial charge is 0.392 e. The van der Waals surface area contributed by atoms with Crippen molar-refractivity contribution in [2.24, 2.45) is 0 Å². The predicted octanol–water partition coefficient (Wildman–Crippen LogP) is 1.46. The van der Waals surface area contributed by atoms with Crippen LogP contribution in [-0.2, 0) is 9.16 Å². The van der Waals surface area contributed by atoms with Gasteiger partial charge in [-0.15, -0.1) is 6.58 Å². The highest BCUT2D eigenvalue weighted by Gasteiger charge is 2.07. The van der Waals surface area contributed by atoms with Crippen LogP contribution in [0, 0.1) is 0 Å². The van der Waals surface area contributed by atoms with Gasteiger partial charge >= 0.3 is 0 Å². The van der Waals surface area contributed by atoms with E-state index in [2.05, 4.69) is 13.5 Å². The smallest absolute Gasteiger partial charge is 0.203 e. The van der Waals surface area contributed by atoms with Crippen LogP contribution in [-0.4, -0.2) is 22.4 Å². The number of ether oxygens (including phenoxy) is 1. The van der Waals surface area contributed by atoms with E-state index in [1.165, 1.54) is 0 Å². The number of hydrogen-bond donors (Lipinski definition) is 0. The highest BCUT2D eigenvalue weighted by molar-refractivity contribution is 6.57. The Hall–Kier alpha value is -0.123. The van der Waals surface area contributed by atoms with Crippen LogP contribution < -0.4 is 0 Å². The van der Waals surface area contributed by atoms with Crippen molar-refractivity contribution in [2.45, 2.75) is 26.2 Å². The molecule has 0 aromatic heterocycles. The molecular formula is C7H16O2Si. The Kier molecular flexibility index (Phi) is 5.58. The molecule has 0 fully saturated rings. The summed E-state index contributed by atoms with van der Waals surface area (Å²) in [5, 5.41) is 0. The first-order valence-electron chi connectivity index (χ1n) is 3.55. The second-order valence-electron chi connectivity index (χ2n) is 2.12. The van der Waals surface area contributed by atoms with Gasteiger partial charge in [-0.05, 0) is 13.0 Å². The lowest BCUT2D eigenvalue weighted by molar-refractivity contribution is -0.0398. The lowest BCUT2D eigenvalue weighted by Gasteiger charge is -2.15. The molecule has 0 aromatic rings. The van der Waals surface area contributed by atoms with E-state index in [1.807, 2.05) is 12.6 Å². The molecule has 60 valence electrons. The van der Waals surface area contributed by atoms with E-state index in [4.69, 9.17) is 9.16 Å². The van der Waals surface area contributed by atoms with Crippen LogP contribution in [0.15, 0.2) is 12.3 Å². The van der Waals surface area contributed by atoms with Crippen molar-refractivity contribution in [1.29, 1.82) is 0 Å². The Bertz CT molecular complexity index is 95.6. The third kappa shape index (κ3) is 3.82. The topological polar surface area (TPSA) is 18.5 Å². The lowest BCUT2D eigenvalue weighted by Crippen LogP contribution is -2.22. The third-order valence-electron chi connectivity index (χ3n) is 1.36. The van der Waals surface area contributed by atoms with Crippen molar-refractivity contribution in [3.05, 3.63) is 12.3 Å². The summed E-state index contributed by atoms with van der Waals surface area (Å²) in [6.45, 7) is 7.71. The zero-order valence-corrected chi connectivity index (χ0v) is 8.12. The molecule has 0 aliphatic carbocycles. The summed E-state index contributed by atoms with van der Waals surface area (Å²) in [6, 6.07) is 1.08. The minimum absolute atomic E-state index is 0.0744. The van der Waals surface area contributed by atoms with Crippen LogP contribution in [0.2, 0.25) is 6.04 Å². The van der Waals surface area contributed by atoms with Gasteiger partial charge in [0, 0.05) is 7.11 Å². The van der Waals surface area contributed by atoms with Crippen LogP contribution in [0.4, 0.5) is 0 Å². The van der Waals surface area contributed by atoms with Crippen LogP contribution in [0.3, 0.4) is 0 Å². The van der Waals surface area contributed by atoms with E-state index in [0.29, 0.717) is 0 Å². The molecule has 0 radical (unpaired) electrons. The molecule has 0 amide bonds. The fourth-order valence-corrected chi connectivity index (χ4v) is 1.86. The first-order chi connectivity index (χ1) is 4.74. The van der Waals surface area contributed by atoms with E-state index < -0.39 is 9.04 Å². The number of methoxy groups -OCH3 is 1. The molecule has 0 aliphatic rings. The summed E-state index contributed by atoms with van der Waals surface area (Å²) >= 11 is 0. The summed E-state index contributed by atoms with van der Waals surface area (Å²) in [4.78, 5) is 0. The van der Waals surface area contributed by atoms with Crippen LogP contribution in [0.1, 0.15) is 13.8 Å². The summed E-state index contributed by atoms with van der Waals surface area (Å²) in [7, 11) is 0.519. The molecule has 0 aromatic carbocycles. The second kappa shape index (κ2) is 5.65. The Morgan fingerprint density at radius 1 is 1.70 bits per heavy atom. The molecule has 10 heavy (non-hydrogen) atoms. The normalized spacial score (nSPS) is 16.3. The zero-order valence-electron chi connectivity index (χ0n) is 6.96. The van der Waals surface area contributed by atoms with Gasteiger partial charge in [0.2, 0.25) is 9.04 Å². The fourth-order valence-electron chi connectivity index (χ4n) is 0.620. The Balaban J connectivity index is 3.51. The molecule has 0 bridgehead atoms. The maximum Gasteiger partial charge on any atom is 0.203 e. The average molecular weight is 160 g/mol. The van der Waals surface area contributed by atoms with E-state index in [-0.39, 0.29) is 6.29 Å². The Labute approximate surface area is 64.6 Å². The van der Waals surface area contributed by atoms with Crippen molar-refractivity contribution in [3.8, 4) is 0 Å². The van der Waals surface area contributed by atoms with Gasteiger partial charge in [-0.25, -0.2) is 0 Å². The standard InChI is InChI=1S/C7H16O2Si/c1-5-10(6-2)9-7(3)8-4/h5,7,10H,1,6H2,2-4H3. The van der Waals surface area contributed by atoms with Crippen molar-refractivity contribution in [2.75, 3.05) is 7.11 Å². The predicted molar refractivity (Wildman–Crippen MR) is 45.4 cm³/mol. The summed E-state index contributed by atoms with van der Waals surface area (Å²) in [5.41, 5.74) is 1.93. The molecular weight excluding hydrogens is 144 g/mol. The molecule has 3 heteroatoms. The molecule has 0 spiro atoms. The van der Waals surface area contributed by atoms with Gasteiger partial charge in [0.15, 0.2) is 0 Å². The van der Waals surface area contributed by atoms with Crippen molar-refractivity contribution in [1.82, 2.24) is 0 Å². The van der Waals surface area contributed by atoms with Gasteiger partial charge in [-0.2, -0.15) is 0 Å². The van der Waals surface area contributed by atoms with Gasteiger partial charge in [0.1, 0.15) is 6.29 Å². The van der Waals surface area contributed by atoms with E-state index >= 15 is 0 Å². The summed E-state index contributed by atoms with van der Waals surface area (Å²) in [5.74, 6) is 0. The van der Waals surface area contributed by atoms with Gasteiger partial charge < -0.3 is 9.16 Å². The van der Waals surface area contributed by atoms with E-state index in [0.717, 1.165) is 6.04 Å². The molecule has 2 atom stereocenters. The molecule has 2 unspecified atom stereocenters. The Morgan fingerprint density at radius 2 is 2.30 bits per heavy atom. The van der Waals surface area contributed by atoms with Crippen LogP contribution in [0.25, 0.3) is 0 Å². The van der Waals surface area contributed by atoms with E-state index in [9.17, 15) is 0 Å². The van der Waals surface area contributed by atoms with Crippen molar-refractivity contribution >= 4 is 9.04 Å². The first kappa shape index (κ1) is 9.88. The fraction of sp³-hybridized carbons (Fsp3) is 0.714. The second-order valence-corrected chi connectivity index (χ2v) is 4.76. The highest BCUT2D eigenvalue weighted by Crippen LogP contribution is 2.00. The molecule has 0 N–H and O–H groups in total. The monoisotopic (exact) mass is 160 g/mol. The SMILES string of the molecule is C=C[SiH](CC)OC(C)OC. The molecule has 0 heterocycles. The number of rotatable bonds is 5. The van der Waals surface area contributed by atoms with Gasteiger partial charge in [-0.1, -0.05) is 12.6 Å². The minimum atomic E-state index is -1.13. The summed E-state index contributed by atoms with van der Waals surface area (Å²) in [6.07, 6.45) is -0.0744. The third-order valence-corrected chi connectivity index (χ3v) is 3.43. The lowest BCUT2D eigenvalue weighted by atomic mass is 10.8. The molecule has 0 saturated heterocycles. The van der Waals surface area contributed by atoms with Crippen molar-refractivity contribution < 1.29 is 9.16 Å². The van der Waals surface area contributed by atoms with Gasteiger partial charge in [0.25, 0.3) is 0 Å². The van der Waals surface area contributed by atoms with Gasteiger partial charge in [0.05, 0.1) is 0 Å². The first-order valence-corrected chi connectivity index (χ1v) is 5.50.